The summed E-state index contributed by atoms with van der Waals surface area (Å²) in [5.41, 5.74) is 3.75. The fraction of sp³-hybridized carbons (Fsp3) is 0.174. The maximum Gasteiger partial charge on any atom is 0.173 e. The number of para-hydroxylation sites is 2. The van der Waals surface area contributed by atoms with E-state index < -0.39 is 0 Å². The summed E-state index contributed by atoms with van der Waals surface area (Å²) in [6.45, 7) is 2.03. The van der Waals surface area contributed by atoms with E-state index in [2.05, 4.69) is 9.97 Å². The summed E-state index contributed by atoms with van der Waals surface area (Å²) in [5.74, 6) is 2.20. The van der Waals surface area contributed by atoms with Gasteiger partial charge in [0.25, 0.3) is 0 Å². The molecule has 4 aromatic rings. The van der Waals surface area contributed by atoms with Crippen molar-refractivity contribution < 1.29 is 9.47 Å². The largest absolute Gasteiger partial charge is 0.496 e. The smallest absolute Gasteiger partial charge is 0.173 e. The van der Waals surface area contributed by atoms with E-state index in [-0.39, 0.29) is 0 Å². The number of hydrogen-bond acceptors (Lipinski definition) is 6. The average Bonchev–Trinajstić information content (AvgIpc) is 3.14. The topological polar surface area (TPSA) is 62.1 Å². The van der Waals surface area contributed by atoms with E-state index >= 15 is 0 Å². The molecule has 6 nitrogen and oxygen atoms in total. The Morgan fingerprint density at radius 3 is 2.30 bits per heavy atom. The predicted octanol–water partition coefficient (Wildman–Crippen LogP) is 5.02. The lowest BCUT2D eigenvalue weighted by Gasteiger charge is -2.12. The van der Waals surface area contributed by atoms with Crippen LogP contribution in [0.25, 0.3) is 22.6 Å². The van der Waals surface area contributed by atoms with Crippen LogP contribution < -0.4 is 9.47 Å². The molecule has 2 aromatic carbocycles. The summed E-state index contributed by atoms with van der Waals surface area (Å²) < 4.78 is 13.3. The van der Waals surface area contributed by atoms with Crippen molar-refractivity contribution >= 4 is 11.8 Å². The molecule has 0 saturated heterocycles. The van der Waals surface area contributed by atoms with Gasteiger partial charge >= 0.3 is 0 Å². The number of aryl methyl sites for hydroxylation is 2. The molecule has 0 aliphatic carbocycles. The molecule has 0 radical (unpaired) electrons. The fourth-order valence-electron chi connectivity index (χ4n) is 3.32. The van der Waals surface area contributed by atoms with Gasteiger partial charge in [0, 0.05) is 31.2 Å². The van der Waals surface area contributed by atoms with E-state index in [1.165, 1.54) is 11.8 Å². The molecule has 4 rings (SSSR count). The van der Waals surface area contributed by atoms with Crippen molar-refractivity contribution in [1.82, 2.24) is 19.5 Å². The molecule has 7 heteroatoms. The molecule has 0 unspecified atom stereocenters. The zero-order valence-electron chi connectivity index (χ0n) is 17.3. The molecule has 0 saturated carbocycles. The maximum absolute atomic E-state index is 5.73. The first-order chi connectivity index (χ1) is 14.6. The van der Waals surface area contributed by atoms with Gasteiger partial charge in [-0.1, -0.05) is 18.2 Å². The molecule has 2 aromatic heterocycles. The van der Waals surface area contributed by atoms with Crippen molar-refractivity contribution in [3.8, 4) is 34.1 Å². The van der Waals surface area contributed by atoms with Crippen LogP contribution >= 0.6 is 11.8 Å². The zero-order chi connectivity index (χ0) is 21.1. The van der Waals surface area contributed by atoms with Crippen molar-refractivity contribution in [2.75, 3.05) is 14.2 Å². The number of imidazole rings is 1. The van der Waals surface area contributed by atoms with Crippen LogP contribution in [0.2, 0.25) is 0 Å². The molecule has 0 atom stereocenters. The highest BCUT2D eigenvalue weighted by Gasteiger charge is 2.18. The first-order valence-electron chi connectivity index (χ1n) is 9.42. The van der Waals surface area contributed by atoms with Crippen molar-refractivity contribution in [1.29, 1.82) is 0 Å². The minimum atomic E-state index is 0.627. The molecule has 152 valence electrons. The molecule has 0 fully saturated rings. The summed E-state index contributed by atoms with van der Waals surface area (Å²) in [7, 11) is 5.33. The van der Waals surface area contributed by atoms with Gasteiger partial charge in [0.05, 0.1) is 30.4 Å². The van der Waals surface area contributed by atoms with E-state index in [4.69, 9.17) is 14.5 Å². The standard InChI is InChI=1S/C23H22N4O2S/c1-15-8-5-9-16(20(15)28-3)18-14-27(2)23(26-18)30-19-11-6-10-17(21(19)29-4)22-24-12-7-13-25-22/h5-14H,1-4H3. The van der Waals surface area contributed by atoms with Crippen LogP contribution in [0.4, 0.5) is 0 Å². The minimum Gasteiger partial charge on any atom is -0.496 e. The van der Waals surface area contributed by atoms with Crippen LogP contribution in [0, 0.1) is 6.92 Å². The SMILES string of the molecule is COc1c(C)cccc1-c1cn(C)c(Sc2cccc(-c3ncccn3)c2OC)n1. The van der Waals surface area contributed by atoms with E-state index in [1.54, 1.807) is 32.7 Å². The van der Waals surface area contributed by atoms with Crippen LogP contribution in [-0.4, -0.2) is 33.7 Å². The van der Waals surface area contributed by atoms with Crippen LogP contribution in [0.5, 0.6) is 11.5 Å². The van der Waals surface area contributed by atoms with Gasteiger partial charge in [-0.05, 0) is 48.5 Å². The normalized spacial score (nSPS) is 10.8. The number of nitrogens with zero attached hydrogens (tertiary/aromatic N) is 4. The molecule has 0 amide bonds. The van der Waals surface area contributed by atoms with Gasteiger partial charge in [0.1, 0.15) is 11.5 Å². The van der Waals surface area contributed by atoms with Crippen molar-refractivity contribution in [3.05, 3.63) is 66.6 Å². The van der Waals surface area contributed by atoms with Gasteiger partial charge < -0.3 is 14.0 Å². The third kappa shape index (κ3) is 3.76. The van der Waals surface area contributed by atoms with Gasteiger partial charge in [-0.3, -0.25) is 0 Å². The lowest BCUT2D eigenvalue weighted by Crippen LogP contribution is -1.95. The van der Waals surface area contributed by atoms with Crippen LogP contribution in [0.15, 0.2) is 71.1 Å². The van der Waals surface area contributed by atoms with Crippen molar-refractivity contribution in [2.45, 2.75) is 17.0 Å². The minimum absolute atomic E-state index is 0.627. The Morgan fingerprint density at radius 1 is 0.867 bits per heavy atom. The highest BCUT2D eigenvalue weighted by Crippen LogP contribution is 2.41. The molecule has 0 aliphatic heterocycles. The Hall–Kier alpha value is -3.32. The molecule has 0 N–H and O–H groups in total. The number of aromatic nitrogens is 4. The second-order valence-corrected chi connectivity index (χ2v) is 7.70. The monoisotopic (exact) mass is 418 g/mol. The number of hydrogen-bond donors (Lipinski definition) is 0. The molecule has 0 spiro atoms. The highest BCUT2D eigenvalue weighted by molar-refractivity contribution is 7.99. The van der Waals surface area contributed by atoms with E-state index in [9.17, 15) is 0 Å². The number of rotatable bonds is 6. The van der Waals surface area contributed by atoms with Crippen LogP contribution in [0.1, 0.15) is 5.56 Å². The summed E-state index contributed by atoms with van der Waals surface area (Å²) in [6.07, 6.45) is 5.46. The average molecular weight is 419 g/mol. The number of benzene rings is 2. The van der Waals surface area contributed by atoms with Crippen molar-refractivity contribution in [3.63, 3.8) is 0 Å². The summed E-state index contributed by atoms with van der Waals surface area (Å²) in [6, 6.07) is 13.8. The maximum atomic E-state index is 5.73. The molecular formula is C23H22N4O2S. The second kappa shape index (κ2) is 8.59. The Kier molecular flexibility index (Phi) is 5.72. The van der Waals surface area contributed by atoms with E-state index in [1.807, 2.05) is 61.1 Å². The number of methoxy groups -OCH3 is 2. The van der Waals surface area contributed by atoms with Crippen molar-refractivity contribution in [2.24, 2.45) is 7.05 Å². The lowest BCUT2D eigenvalue weighted by molar-refractivity contribution is 0.406. The van der Waals surface area contributed by atoms with E-state index in [0.29, 0.717) is 5.82 Å². The van der Waals surface area contributed by atoms with Crippen LogP contribution in [0.3, 0.4) is 0 Å². The fourth-order valence-corrected chi connectivity index (χ4v) is 4.29. The third-order valence-corrected chi connectivity index (χ3v) is 5.82. The van der Waals surface area contributed by atoms with Crippen LogP contribution in [-0.2, 0) is 7.05 Å². The zero-order valence-corrected chi connectivity index (χ0v) is 18.1. The molecular weight excluding hydrogens is 396 g/mol. The Bertz CT molecular complexity index is 1180. The molecule has 2 heterocycles. The molecule has 0 aliphatic rings. The summed E-state index contributed by atoms with van der Waals surface area (Å²) in [4.78, 5) is 14.5. The molecule has 0 bridgehead atoms. The Labute approximate surface area is 179 Å². The quantitative estimate of drug-likeness (QED) is 0.438. The lowest BCUT2D eigenvalue weighted by atomic mass is 10.1. The first-order valence-corrected chi connectivity index (χ1v) is 10.2. The van der Waals surface area contributed by atoms with Gasteiger partial charge in [-0.25, -0.2) is 15.0 Å². The summed E-state index contributed by atoms with van der Waals surface area (Å²) >= 11 is 1.54. The molecule has 30 heavy (non-hydrogen) atoms. The van der Waals surface area contributed by atoms with Gasteiger partial charge in [0.15, 0.2) is 11.0 Å². The Morgan fingerprint density at radius 2 is 1.57 bits per heavy atom. The van der Waals surface area contributed by atoms with Gasteiger partial charge in [-0.2, -0.15) is 0 Å². The first kappa shape index (κ1) is 20.0. The van der Waals surface area contributed by atoms with Gasteiger partial charge in [-0.15, -0.1) is 0 Å². The van der Waals surface area contributed by atoms with Gasteiger partial charge in [0.2, 0.25) is 0 Å². The number of ether oxygens (including phenoxy) is 2. The predicted molar refractivity (Wildman–Crippen MR) is 118 cm³/mol. The highest BCUT2D eigenvalue weighted by atomic mass is 32.2. The summed E-state index contributed by atoms with van der Waals surface area (Å²) in [5, 5.41) is 0.845. The third-order valence-electron chi connectivity index (χ3n) is 4.72. The van der Waals surface area contributed by atoms with E-state index in [0.717, 1.165) is 43.9 Å². The Balaban J connectivity index is 1.72. The second-order valence-electron chi connectivity index (χ2n) is 6.69.